The van der Waals surface area contributed by atoms with Gasteiger partial charge in [-0.05, 0) is 55.5 Å². The van der Waals surface area contributed by atoms with Crippen LogP contribution in [0.4, 0.5) is 0 Å². The summed E-state index contributed by atoms with van der Waals surface area (Å²) in [5.41, 5.74) is 1.93. The van der Waals surface area contributed by atoms with Crippen molar-refractivity contribution in [3.63, 3.8) is 0 Å². The third kappa shape index (κ3) is 4.18. The molecule has 8 heteroatoms. The molecule has 4 aromatic rings. The minimum atomic E-state index is 0.633. The Morgan fingerprint density at radius 3 is 2.33 bits per heavy atom. The van der Waals surface area contributed by atoms with Gasteiger partial charge in [0.25, 0.3) is 0 Å². The van der Waals surface area contributed by atoms with E-state index >= 15 is 0 Å². The van der Waals surface area contributed by atoms with Crippen molar-refractivity contribution in [3.8, 4) is 28.6 Å². The van der Waals surface area contributed by atoms with Crippen LogP contribution in [0.3, 0.4) is 0 Å². The number of methoxy groups -OCH3 is 1. The largest absolute Gasteiger partial charge is 0.497 e. The maximum Gasteiger partial charge on any atom is 0.196 e. The van der Waals surface area contributed by atoms with Crippen molar-refractivity contribution in [2.45, 2.75) is 17.8 Å². The highest BCUT2D eigenvalue weighted by molar-refractivity contribution is 7.98. The lowest BCUT2D eigenvalue weighted by atomic mass is 10.2. The molecule has 0 atom stereocenters. The Kier molecular flexibility index (Phi) is 6.04. The number of benzene rings is 2. The molecule has 0 saturated carbocycles. The van der Waals surface area contributed by atoms with Gasteiger partial charge in [-0.1, -0.05) is 11.8 Å². The number of aromatic nitrogens is 5. The van der Waals surface area contributed by atoms with E-state index in [1.807, 2.05) is 73.3 Å². The van der Waals surface area contributed by atoms with Crippen LogP contribution in [0.15, 0.2) is 66.1 Å². The minimum Gasteiger partial charge on any atom is -0.497 e. The van der Waals surface area contributed by atoms with Crippen LogP contribution < -0.4 is 9.47 Å². The van der Waals surface area contributed by atoms with E-state index < -0.39 is 0 Å². The Labute approximate surface area is 179 Å². The average Bonchev–Trinajstić information content (AvgIpc) is 3.39. The lowest BCUT2D eigenvalue weighted by Crippen LogP contribution is -2.01. The smallest absolute Gasteiger partial charge is 0.196 e. The van der Waals surface area contributed by atoms with Gasteiger partial charge in [0.1, 0.15) is 17.3 Å². The maximum absolute atomic E-state index is 5.59. The first-order valence-corrected chi connectivity index (χ1v) is 10.6. The molecule has 0 aliphatic carbocycles. The summed E-state index contributed by atoms with van der Waals surface area (Å²) in [5, 5.41) is 9.77. The molecule has 0 radical (unpaired) electrons. The summed E-state index contributed by atoms with van der Waals surface area (Å²) in [6.45, 7) is 2.61. The molecule has 0 amide bonds. The molecule has 0 aliphatic rings. The van der Waals surface area contributed by atoms with Gasteiger partial charge in [0.15, 0.2) is 11.0 Å². The molecule has 4 rings (SSSR count). The lowest BCUT2D eigenvalue weighted by Gasteiger charge is -2.12. The molecule has 0 unspecified atom stereocenters. The molecule has 0 aliphatic heterocycles. The molecule has 0 fully saturated rings. The van der Waals surface area contributed by atoms with Gasteiger partial charge < -0.3 is 14.0 Å². The summed E-state index contributed by atoms with van der Waals surface area (Å²) in [6.07, 6.45) is 3.74. The lowest BCUT2D eigenvalue weighted by molar-refractivity contribution is 0.340. The number of nitrogens with zero attached hydrogens (tertiary/aromatic N) is 5. The number of imidazole rings is 1. The third-order valence-corrected chi connectivity index (χ3v) is 5.56. The highest BCUT2D eigenvalue weighted by Crippen LogP contribution is 2.31. The second-order valence-electron chi connectivity index (χ2n) is 6.54. The number of aryl methyl sites for hydroxylation is 1. The average molecular weight is 422 g/mol. The van der Waals surface area contributed by atoms with Crippen molar-refractivity contribution in [1.29, 1.82) is 0 Å². The topological polar surface area (TPSA) is 67.0 Å². The first-order chi connectivity index (χ1) is 14.7. The molecule has 0 N–H and O–H groups in total. The number of rotatable bonds is 8. The SMILES string of the molecule is CCOc1ccc(-n2c(SCc3nccn3C)nnc2-c2ccc(OC)cc2)cc1. The molecule has 0 saturated heterocycles. The summed E-state index contributed by atoms with van der Waals surface area (Å²) in [7, 11) is 3.65. The molecule has 154 valence electrons. The van der Waals surface area contributed by atoms with Crippen LogP contribution in [0.5, 0.6) is 11.5 Å². The number of thioether (sulfide) groups is 1. The van der Waals surface area contributed by atoms with Crippen LogP contribution in [0.1, 0.15) is 12.7 Å². The molecule has 0 spiro atoms. The Bertz CT molecular complexity index is 1100. The third-order valence-electron chi connectivity index (χ3n) is 4.64. The zero-order valence-corrected chi connectivity index (χ0v) is 18.0. The minimum absolute atomic E-state index is 0.633. The molecule has 2 aromatic carbocycles. The van der Waals surface area contributed by atoms with Crippen molar-refractivity contribution in [2.75, 3.05) is 13.7 Å². The fourth-order valence-corrected chi connectivity index (χ4v) is 4.00. The van der Waals surface area contributed by atoms with E-state index in [9.17, 15) is 0 Å². The van der Waals surface area contributed by atoms with E-state index in [1.165, 1.54) is 0 Å². The fraction of sp³-hybridized carbons (Fsp3) is 0.227. The van der Waals surface area contributed by atoms with Crippen LogP contribution in [-0.2, 0) is 12.8 Å². The van der Waals surface area contributed by atoms with E-state index in [0.717, 1.165) is 39.6 Å². The van der Waals surface area contributed by atoms with Gasteiger partial charge in [-0.3, -0.25) is 4.57 Å². The van der Waals surface area contributed by atoms with E-state index in [-0.39, 0.29) is 0 Å². The van der Waals surface area contributed by atoms with Crippen molar-refractivity contribution < 1.29 is 9.47 Å². The predicted octanol–water partition coefficient (Wildman–Crippen LogP) is 4.37. The zero-order chi connectivity index (χ0) is 20.9. The van der Waals surface area contributed by atoms with Gasteiger partial charge in [-0.15, -0.1) is 10.2 Å². The van der Waals surface area contributed by atoms with Crippen molar-refractivity contribution in [1.82, 2.24) is 24.3 Å². The van der Waals surface area contributed by atoms with E-state index in [4.69, 9.17) is 9.47 Å². The zero-order valence-electron chi connectivity index (χ0n) is 17.1. The second-order valence-corrected chi connectivity index (χ2v) is 7.48. The Morgan fingerprint density at radius 2 is 1.70 bits per heavy atom. The summed E-state index contributed by atoms with van der Waals surface area (Å²) >= 11 is 1.60. The van der Waals surface area contributed by atoms with Gasteiger partial charge in [0, 0.05) is 30.7 Å². The molecular formula is C22H23N5O2S. The quantitative estimate of drug-likeness (QED) is 0.394. The van der Waals surface area contributed by atoms with Crippen LogP contribution in [-0.4, -0.2) is 38.0 Å². The highest BCUT2D eigenvalue weighted by atomic mass is 32.2. The van der Waals surface area contributed by atoms with Crippen LogP contribution in [0, 0.1) is 0 Å². The molecule has 2 heterocycles. The molecule has 7 nitrogen and oxygen atoms in total. The first-order valence-electron chi connectivity index (χ1n) is 9.61. The van der Waals surface area contributed by atoms with E-state index in [0.29, 0.717) is 12.4 Å². The van der Waals surface area contributed by atoms with Gasteiger partial charge in [-0.2, -0.15) is 0 Å². The van der Waals surface area contributed by atoms with Crippen LogP contribution in [0.2, 0.25) is 0 Å². The molecule has 30 heavy (non-hydrogen) atoms. The van der Waals surface area contributed by atoms with Crippen LogP contribution >= 0.6 is 11.8 Å². The maximum atomic E-state index is 5.59. The Morgan fingerprint density at radius 1 is 0.967 bits per heavy atom. The van der Waals surface area contributed by atoms with Crippen LogP contribution in [0.25, 0.3) is 17.1 Å². The molecule has 2 aromatic heterocycles. The predicted molar refractivity (Wildman–Crippen MR) is 117 cm³/mol. The van der Waals surface area contributed by atoms with Gasteiger partial charge in [-0.25, -0.2) is 4.98 Å². The number of hydrogen-bond donors (Lipinski definition) is 0. The van der Waals surface area contributed by atoms with E-state index in [1.54, 1.807) is 25.1 Å². The first kappa shape index (κ1) is 20.0. The van der Waals surface area contributed by atoms with E-state index in [2.05, 4.69) is 19.7 Å². The summed E-state index contributed by atoms with van der Waals surface area (Å²) < 4.78 is 14.9. The van der Waals surface area contributed by atoms with Crippen molar-refractivity contribution in [2.24, 2.45) is 7.05 Å². The van der Waals surface area contributed by atoms with Crippen molar-refractivity contribution in [3.05, 3.63) is 66.7 Å². The van der Waals surface area contributed by atoms with Crippen molar-refractivity contribution >= 4 is 11.8 Å². The monoisotopic (exact) mass is 421 g/mol. The number of hydrogen-bond acceptors (Lipinski definition) is 6. The standard InChI is InChI=1S/C22H23N5O2S/c1-4-29-19-11-7-17(8-12-19)27-21(16-5-9-18(28-3)10-6-16)24-25-22(27)30-15-20-23-13-14-26(20)2/h5-14H,4,15H2,1-3H3. The Hall–Kier alpha value is -3.26. The fourth-order valence-electron chi connectivity index (χ4n) is 3.05. The van der Waals surface area contributed by atoms with Gasteiger partial charge in [0.2, 0.25) is 0 Å². The molecular weight excluding hydrogens is 398 g/mol. The highest BCUT2D eigenvalue weighted by Gasteiger charge is 2.17. The second kappa shape index (κ2) is 9.04. The Balaban J connectivity index is 1.72. The van der Waals surface area contributed by atoms with Gasteiger partial charge in [0.05, 0.1) is 19.5 Å². The van der Waals surface area contributed by atoms with Gasteiger partial charge >= 0.3 is 0 Å². The summed E-state index contributed by atoms with van der Waals surface area (Å²) in [6, 6.07) is 15.8. The summed E-state index contributed by atoms with van der Waals surface area (Å²) in [4.78, 5) is 4.40. The summed E-state index contributed by atoms with van der Waals surface area (Å²) in [5.74, 6) is 4.08. The number of ether oxygens (including phenoxy) is 2. The normalized spacial score (nSPS) is 10.9. The molecule has 0 bridgehead atoms.